The van der Waals surface area contributed by atoms with Crippen molar-refractivity contribution < 1.29 is 9.52 Å². The van der Waals surface area contributed by atoms with Crippen LogP contribution in [0.3, 0.4) is 0 Å². The first-order chi connectivity index (χ1) is 9.75. The summed E-state index contributed by atoms with van der Waals surface area (Å²) in [5.41, 5.74) is 0.918. The minimum absolute atomic E-state index is 0.100. The minimum Gasteiger partial charge on any atom is -0.508 e. The van der Waals surface area contributed by atoms with Crippen LogP contribution in [-0.2, 0) is 6.54 Å². The Morgan fingerprint density at radius 2 is 1.95 bits per heavy atom. The summed E-state index contributed by atoms with van der Waals surface area (Å²) >= 11 is 0. The second kappa shape index (κ2) is 5.39. The number of phenolic OH excluding ortho intramolecular Hbond substituents is 1. The van der Waals surface area contributed by atoms with E-state index in [2.05, 4.69) is 5.32 Å². The van der Waals surface area contributed by atoms with Crippen molar-refractivity contribution in [1.29, 1.82) is 0 Å². The van der Waals surface area contributed by atoms with E-state index < -0.39 is 0 Å². The molecule has 1 atom stereocenters. The molecule has 3 rings (SSSR count). The molecule has 102 valence electrons. The van der Waals surface area contributed by atoms with E-state index in [1.54, 1.807) is 12.3 Å². The quantitative estimate of drug-likeness (QED) is 0.751. The number of nitrogens with one attached hydrogen (secondary N) is 1. The Morgan fingerprint density at radius 1 is 1.10 bits per heavy atom. The highest BCUT2D eigenvalue weighted by atomic mass is 16.3. The number of benzene rings is 2. The average molecular weight is 267 g/mol. The maximum Gasteiger partial charge on any atom is 0.120 e. The van der Waals surface area contributed by atoms with Gasteiger partial charge in [-0.3, -0.25) is 0 Å². The fraction of sp³-hybridized carbons (Fsp3) is 0.176. The van der Waals surface area contributed by atoms with Crippen LogP contribution in [0.4, 0.5) is 0 Å². The first-order valence-electron chi connectivity index (χ1n) is 6.72. The van der Waals surface area contributed by atoms with Crippen molar-refractivity contribution >= 4 is 10.8 Å². The molecule has 1 heterocycles. The third kappa shape index (κ3) is 2.40. The molecule has 0 saturated heterocycles. The molecule has 1 aromatic heterocycles. The Hall–Kier alpha value is -2.26. The molecule has 3 heteroatoms. The number of aromatic hydroxyl groups is 1. The van der Waals surface area contributed by atoms with Gasteiger partial charge in [0.05, 0.1) is 12.3 Å². The molecule has 0 fully saturated rings. The molecule has 0 aliphatic rings. The highest BCUT2D eigenvalue weighted by molar-refractivity contribution is 5.87. The summed E-state index contributed by atoms with van der Waals surface area (Å²) in [6.07, 6.45) is 1.67. The molecule has 20 heavy (non-hydrogen) atoms. The molecule has 1 unspecified atom stereocenters. The highest BCUT2D eigenvalue weighted by Crippen LogP contribution is 2.27. The van der Waals surface area contributed by atoms with Gasteiger partial charge in [0.1, 0.15) is 11.5 Å². The molecule has 3 nitrogen and oxygen atoms in total. The van der Waals surface area contributed by atoms with Crippen LogP contribution in [0.25, 0.3) is 10.8 Å². The summed E-state index contributed by atoms with van der Waals surface area (Å²) < 4.78 is 5.38. The van der Waals surface area contributed by atoms with E-state index in [1.807, 2.05) is 49.4 Å². The van der Waals surface area contributed by atoms with Crippen molar-refractivity contribution in [3.63, 3.8) is 0 Å². The highest BCUT2D eigenvalue weighted by Gasteiger charge is 2.11. The van der Waals surface area contributed by atoms with Gasteiger partial charge in [0, 0.05) is 12.1 Å². The van der Waals surface area contributed by atoms with Gasteiger partial charge in [0.2, 0.25) is 0 Å². The van der Waals surface area contributed by atoms with Crippen LogP contribution in [0.2, 0.25) is 0 Å². The topological polar surface area (TPSA) is 45.4 Å². The van der Waals surface area contributed by atoms with Gasteiger partial charge in [0.25, 0.3) is 0 Å². The standard InChI is InChI=1S/C17H17NO2/c1-12(17-7-4-10-20-17)18-11-15-14-6-3-2-5-13(14)8-9-16(15)19/h2-10,12,18-19H,11H2,1H3. The zero-order valence-corrected chi connectivity index (χ0v) is 11.3. The molecular weight excluding hydrogens is 250 g/mol. The number of hydrogen-bond donors (Lipinski definition) is 2. The van der Waals surface area contributed by atoms with Crippen molar-refractivity contribution in [2.24, 2.45) is 0 Å². The fourth-order valence-corrected chi connectivity index (χ4v) is 2.40. The van der Waals surface area contributed by atoms with Crippen LogP contribution in [-0.4, -0.2) is 5.11 Å². The maximum atomic E-state index is 10.1. The van der Waals surface area contributed by atoms with Crippen LogP contribution in [0, 0.1) is 0 Å². The van der Waals surface area contributed by atoms with E-state index in [1.165, 1.54) is 0 Å². The molecule has 0 aliphatic carbocycles. The fourth-order valence-electron chi connectivity index (χ4n) is 2.40. The molecule has 0 bridgehead atoms. The van der Waals surface area contributed by atoms with Crippen molar-refractivity contribution in [2.75, 3.05) is 0 Å². The van der Waals surface area contributed by atoms with E-state index in [4.69, 9.17) is 4.42 Å². The third-order valence-corrected chi connectivity index (χ3v) is 3.57. The summed E-state index contributed by atoms with van der Waals surface area (Å²) in [6, 6.07) is 15.7. The average Bonchev–Trinajstić information content (AvgIpc) is 3.00. The van der Waals surface area contributed by atoms with Crippen LogP contribution < -0.4 is 5.32 Å². The van der Waals surface area contributed by atoms with Gasteiger partial charge < -0.3 is 14.8 Å². The smallest absolute Gasteiger partial charge is 0.120 e. The molecule has 2 aromatic carbocycles. The second-order valence-corrected chi connectivity index (χ2v) is 4.90. The van der Waals surface area contributed by atoms with Crippen molar-refractivity contribution in [3.05, 3.63) is 66.1 Å². The molecule has 0 amide bonds. The zero-order chi connectivity index (χ0) is 13.9. The zero-order valence-electron chi connectivity index (χ0n) is 11.3. The second-order valence-electron chi connectivity index (χ2n) is 4.90. The van der Waals surface area contributed by atoms with Crippen molar-refractivity contribution in [1.82, 2.24) is 5.32 Å². The summed E-state index contributed by atoms with van der Waals surface area (Å²) in [6.45, 7) is 2.63. The first-order valence-corrected chi connectivity index (χ1v) is 6.72. The van der Waals surface area contributed by atoms with Crippen molar-refractivity contribution in [3.8, 4) is 5.75 Å². The number of fused-ring (bicyclic) bond motifs is 1. The summed E-state index contributed by atoms with van der Waals surface area (Å²) in [5, 5.41) is 15.7. The van der Waals surface area contributed by atoms with Crippen molar-refractivity contribution in [2.45, 2.75) is 19.5 Å². The van der Waals surface area contributed by atoms with Gasteiger partial charge in [-0.2, -0.15) is 0 Å². The van der Waals surface area contributed by atoms with Crippen LogP contribution in [0.1, 0.15) is 24.3 Å². The first kappa shape index (κ1) is 12.8. The summed E-state index contributed by atoms with van der Waals surface area (Å²) in [5.74, 6) is 1.22. The lowest BCUT2D eigenvalue weighted by Gasteiger charge is -2.14. The van der Waals surface area contributed by atoms with E-state index in [0.717, 1.165) is 22.1 Å². The van der Waals surface area contributed by atoms with Gasteiger partial charge >= 0.3 is 0 Å². The van der Waals surface area contributed by atoms with Gasteiger partial charge in [-0.15, -0.1) is 0 Å². The SMILES string of the molecule is CC(NCc1c(O)ccc2ccccc12)c1ccco1. The molecule has 2 N–H and O–H groups in total. The predicted octanol–water partition coefficient (Wildman–Crippen LogP) is 3.99. The molecule has 0 saturated carbocycles. The van der Waals surface area contributed by atoms with E-state index in [9.17, 15) is 5.11 Å². The van der Waals surface area contributed by atoms with Gasteiger partial charge in [-0.1, -0.05) is 30.3 Å². The Labute approximate surface area is 117 Å². The lowest BCUT2D eigenvalue weighted by molar-refractivity contribution is 0.423. The Morgan fingerprint density at radius 3 is 2.75 bits per heavy atom. The Kier molecular flexibility index (Phi) is 3.44. The minimum atomic E-state index is 0.100. The normalized spacial score (nSPS) is 12.7. The number of furan rings is 1. The van der Waals surface area contributed by atoms with E-state index in [0.29, 0.717) is 12.3 Å². The van der Waals surface area contributed by atoms with Gasteiger partial charge in [-0.05, 0) is 35.9 Å². The van der Waals surface area contributed by atoms with E-state index in [-0.39, 0.29) is 6.04 Å². The van der Waals surface area contributed by atoms with Crippen LogP contribution in [0.5, 0.6) is 5.75 Å². The maximum absolute atomic E-state index is 10.1. The number of rotatable bonds is 4. The predicted molar refractivity (Wildman–Crippen MR) is 79.6 cm³/mol. The van der Waals surface area contributed by atoms with Gasteiger partial charge in [0.15, 0.2) is 0 Å². The van der Waals surface area contributed by atoms with Crippen LogP contribution >= 0.6 is 0 Å². The molecular formula is C17H17NO2. The number of hydrogen-bond acceptors (Lipinski definition) is 3. The lowest BCUT2D eigenvalue weighted by atomic mass is 10.0. The summed E-state index contributed by atoms with van der Waals surface area (Å²) in [4.78, 5) is 0. The summed E-state index contributed by atoms with van der Waals surface area (Å²) in [7, 11) is 0. The number of phenols is 1. The van der Waals surface area contributed by atoms with Gasteiger partial charge in [-0.25, -0.2) is 0 Å². The molecule has 0 aliphatic heterocycles. The van der Waals surface area contributed by atoms with Crippen LogP contribution in [0.15, 0.2) is 59.2 Å². The largest absolute Gasteiger partial charge is 0.508 e. The molecule has 0 radical (unpaired) electrons. The molecule has 3 aromatic rings. The Bertz CT molecular complexity index is 704. The lowest BCUT2D eigenvalue weighted by Crippen LogP contribution is -2.17. The molecule has 0 spiro atoms. The van der Waals surface area contributed by atoms with E-state index >= 15 is 0 Å². The third-order valence-electron chi connectivity index (χ3n) is 3.57. The monoisotopic (exact) mass is 267 g/mol. The Balaban J connectivity index is 1.85.